The van der Waals surface area contributed by atoms with Crippen LogP contribution in [0.3, 0.4) is 0 Å². The molecule has 1 aliphatic heterocycles. The van der Waals surface area contributed by atoms with Gasteiger partial charge in [0.15, 0.2) is 16.6 Å². The van der Waals surface area contributed by atoms with E-state index in [0.29, 0.717) is 45.3 Å². The molecule has 1 aromatic heterocycles. The Hall–Kier alpha value is -3.88. The van der Waals surface area contributed by atoms with Crippen LogP contribution in [0.4, 0.5) is 5.13 Å². The maximum Gasteiger partial charge on any atom is 0.301 e. The highest BCUT2D eigenvalue weighted by molar-refractivity contribution is 7.22. The summed E-state index contributed by atoms with van der Waals surface area (Å²) in [5.74, 6) is -0.372. The van der Waals surface area contributed by atoms with Gasteiger partial charge in [-0.25, -0.2) is 4.98 Å². The lowest BCUT2D eigenvalue weighted by Crippen LogP contribution is -2.29. The second-order valence-electron chi connectivity index (χ2n) is 10.5. The number of carbonyl (C=O) groups excluding carboxylic acids is 2. The van der Waals surface area contributed by atoms with E-state index in [0.717, 1.165) is 27.8 Å². The number of ketones is 1. The molecule has 1 unspecified atom stereocenters. The maximum absolute atomic E-state index is 13.7. The highest BCUT2D eigenvalue weighted by Gasteiger charge is 2.48. The number of hydrogen-bond acceptors (Lipinski definition) is 7. The zero-order valence-electron chi connectivity index (χ0n) is 23.5. The minimum Gasteiger partial charge on any atom is -0.507 e. The Morgan fingerprint density at radius 1 is 1.07 bits per heavy atom. The van der Waals surface area contributed by atoms with Crippen molar-refractivity contribution >= 4 is 55.7 Å². The standard InChI is InChI=1S/C32H31ClN2O5S/c1-17(2)12-13-40-23-11-8-21(16-24(23)39-5)28-26(29(36)20-6-9-22(33)10-7-20)30(37)31(38)35(28)32-34-27-19(4)14-18(3)15-25(27)41-32/h6-11,14-17,28,36H,12-13H2,1-5H3/b29-26+. The van der Waals surface area contributed by atoms with E-state index in [1.54, 1.807) is 42.5 Å². The van der Waals surface area contributed by atoms with Gasteiger partial charge in [-0.3, -0.25) is 14.5 Å². The summed E-state index contributed by atoms with van der Waals surface area (Å²) in [5, 5.41) is 12.3. The van der Waals surface area contributed by atoms with E-state index in [9.17, 15) is 14.7 Å². The lowest BCUT2D eigenvalue weighted by atomic mass is 9.95. The van der Waals surface area contributed by atoms with Crippen molar-refractivity contribution in [3.8, 4) is 11.5 Å². The smallest absolute Gasteiger partial charge is 0.301 e. The molecule has 1 N–H and O–H groups in total. The van der Waals surface area contributed by atoms with Crippen molar-refractivity contribution in [3.05, 3.63) is 87.4 Å². The largest absolute Gasteiger partial charge is 0.507 e. The molecule has 212 valence electrons. The fourth-order valence-electron chi connectivity index (χ4n) is 4.95. The Morgan fingerprint density at radius 2 is 1.80 bits per heavy atom. The number of halogens is 1. The second-order valence-corrected chi connectivity index (χ2v) is 12.0. The van der Waals surface area contributed by atoms with Gasteiger partial charge >= 0.3 is 5.91 Å². The molecule has 4 aromatic rings. The Labute approximate surface area is 248 Å². The first-order chi connectivity index (χ1) is 19.6. The number of anilines is 1. The molecule has 5 rings (SSSR count). The minimum absolute atomic E-state index is 0.0417. The summed E-state index contributed by atoms with van der Waals surface area (Å²) in [6, 6.07) is 14.8. The van der Waals surface area contributed by atoms with Crippen molar-refractivity contribution in [2.75, 3.05) is 18.6 Å². The third-order valence-electron chi connectivity index (χ3n) is 7.04. The summed E-state index contributed by atoms with van der Waals surface area (Å²) in [4.78, 5) is 33.4. The number of aliphatic hydroxyl groups is 1. The summed E-state index contributed by atoms with van der Waals surface area (Å²) < 4.78 is 12.5. The van der Waals surface area contributed by atoms with E-state index in [-0.39, 0.29) is 11.3 Å². The van der Waals surface area contributed by atoms with E-state index in [1.807, 2.05) is 26.0 Å². The first-order valence-electron chi connectivity index (χ1n) is 13.3. The van der Waals surface area contributed by atoms with Gasteiger partial charge in [-0.05, 0) is 85.3 Å². The average Bonchev–Trinajstić information content (AvgIpc) is 3.47. The number of carbonyl (C=O) groups is 2. The summed E-state index contributed by atoms with van der Waals surface area (Å²) >= 11 is 7.39. The number of Topliss-reactive ketones (excluding diaryl/α,β-unsaturated/α-hetero) is 1. The van der Waals surface area contributed by atoms with Crippen LogP contribution in [-0.4, -0.2) is 35.5 Å². The molecular formula is C32H31ClN2O5S. The molecule has 3 aromatic carbocycles. The normalized spacial score (nSPS) is 16.7. The zero-order valence-corrected chi connectivity index (χ0v) is 25.1. The molecule has 1 atom stereocenters. The van der Waals surface area contributed by atoms with Gasteiger partial charge < -0.3 is 14.6 Å². The zero-order chi connectivity index (χ0) is 29.4. The van der Waals surface area contributed by atoms with Crippen LogP contribution in [0.15, 0.2) is 60.2 Å². The number of thiazole rings is 1. The Morgan fingerprint density at radius 3 is 2.49 bits per heavy atom. The molecule has 0 aliphatic carbocycles. The molecular weight excluding hydrogens is 560 g/mol. The summed E-state index contributed by atoms with van der Waals surface area (Å²) in [6.45, 7) is 8.73. The molecule has 0 spiro atoms. The van der Waals surface area contributed by atoms with Crippen molar-refractivity contribution in [2.45, 2.75) is 40.2 Å². The van der Waals surface area contributed by atoms with E-state index < -0.39 is 17.7 Å². The third-order valence-corrected chi connectivity index (χ3v) is 8.30. The monoisotopic (exact) mass is 590 g/mol. The van der Waals surface area contributed by atoms with E-state index in [1.165, 1.54) is 23.3 Å². The SMILES string of the molecule is COc1cc(C2/C(=C(\O)c3ccc(Cl)cc3)C(=O)C(=O)N2c2nc3c(C)cc(C)cc3s2)ccc1OCCC(C)C. The van der Waals surface area contributed by atoms with Gasteiger partial charge in [0, 0.05) is 10.6 Å². The van der Waals surface area contributed by atoms with Gasteiger partial charge in [0.2, 0.25) is 0 Å². The number of amides is 1. The number of rotatable bonds is 8. The molecule has 1 fully saturated rings. The van der Waals surface area contributed by atoms with Gasteiger partial charge in [-0.2, -0.15) is 0 Å². The average molecular weight is 591 g/mol. The van der Waals surface area contributed by atoms with Crippen molar-refractivity contribution in [1.82, 2.24) is 4.98 Å². The molecule has 0 saturated carbocycles. The van der Waals surface area contributed by atoms with Crippen LogP contribution in [0, 0.1) is 19.8 Å². The van der Waals surface area contributed by atoms with Crippen LogP contribution in [0.1, 0.15) is 48.6 Å². The Balaban J connectivity index is 1.68. The second kappa shape index (κ2) is 11.5. The van der Waals surface area contributed by atoms with Crippen molar-refractivity contribution in [3.63, 3.8) is 0 Å². The summed E-state index contributed by atoms with van der Waals surface area (Å²) in [6.07, 6.45) is 0.878. The topological polar surface area (TPSA) is 89.0 Å². The fraction of sp³-hybridized carbons (Fsp3) is 0.281. The molecule has 1 amide bonds. The number of nitrogens with zero attached hydrogens (tertiary/aromatic N) is 2. The maximum atomic E-state index is 13.7. The van der Waals surface area contributed by atoms with Crippen molar-refractivity contribution in [2.24, 2.45) is 5.92 Å². The van der Waals surface area contributed by atoms with Crippen molar-refractivity contribution in [1.29, 1.82) is 0 Å². The van der Waals surface area contributed by atoms with Crippen LogP contribution in [-0.2, 0) is 9.59 Å². The molecule has 0 radical (unpaired) electrons. The van der Waals surface area contributed by atoms with Crippen LogP contribution in [0.25, 0.3) is 16.0 Å². The van der Waals surface area contributed by atoms with Gasteiger partial charge in [0.1, 0.15) is 5.76 Å². The Kier molecular flexibility index (Phi) is 8.07. The molecule has 1 saturated heterocycles. The van der Waals surface area contributed by atoms with Gasteiger partial charge in [-0.15, -0.1) is 0 Å². The van der Waals surface area contributed by atoms with E-state index in [2.05, 4.69) is 13.8 Å². The lowest BCUT2D eigenvalue weighted by molar-refractivity contribution is -0.132. The highest BCUT2D eigenvalue weighted by Crippen LogP contribution is 2.46. The Bertz CT molecular complexity index is 1680. The van der Waals surface area contributed by atoms with Crippen molar-refractivity contribution < 1.29 is 24.2 Å². The summed E-state index contributed by atoms with van der Waals surface area (Å²) in [7, 11) is 1.54. The van der Waals surface area contributed by atoms with Gasteiger partial charge in [-0.1, -0.05) is 48.9 Å². The van der Waals surface area contributed by atoms with Crippen LogP contribution in [0.2, 0.25) is 5.02 Å². The number of aliphatic hydroxyl groups excluding tert-OH is 1. The van der Waals surface area contributed by atoms with Crippen LogP contribution >= 0.6 is 22.9 Å². The predicted octanol–water partition coefficient (Wildman–Crippen LogP) is 7.63. The highest BCUT2D eigenvalue weighted by atomic mass is 35.5. The minimum atomic E-state index is -0.953. The van der Waals surface area contributed by atoms with Crippen LogP contribution in [0.5, 0.6) is 11.5 Å². The number of aromatic nitrogens is 1. The number of methoxy groups -OCH3 is 1. The molecule has 0 bridgehead atoms. The van der Waals surface area contributed by atoms with Gasteiger partial charge in [0.25, 0.3) is 5.78 Å². The predicted molar refractivity (Wildman–Crippen MR) is 163 cm³/mol. The first-order valence-corrected chi connectivity index (χ1v) is 14.5. The molecule has 9 heteroatoms. The van der Waals surface area contributed by atoms with Gasteiger partial charge in [0.05, 0.1) is 35.5 Å². The number of hydrogen-bond donors (Lipinski definition) is 1. The number of aryl methyl sites for hydroxylation is 2. The first kappa shape index (κ1) is 28.6. The quantitative estimate of drug-likeness (QED) is 0.129. The molecule has 41 heavy (non-hydrogen) atoms. The molecule has 2 heterocycles. The fourth-order valence-corrected chi connectivity index (χ4v) is 6.24. The number of ether oxygens (including phenoxy) is 2. The molecule has 7 nitrogen and oxygen atoms in total. The number of benzene rings is 3. The summed E-state index contributed by atoms with van der Waals surface area (Å²) in [5.41, 5.74) is 3.71. The molecule has 1 aliphatic rings. The van der Waals surface area contributed by atoms with E-state index in [4.69, 9.17) is 26.1 Å². The number of fused-ring (bicyclic) bond motifs is 1. The third kappa shape index (κ3) is 5.54. The van der Waals surface area contributed by atoms with E-state index >= 15 is 0 Å². The van der Waals surface area contributed by atoms with Crippen LogP contribution < -0.4 is 14.4 Å². The lowest BCUT2D eigenvalue weighted by Gasteiger charge is -2.24.